The Balaban J connectivity index is 1.88. The monoisotopic (exact) mass is 237 g/mol. The highest BCUT2D eigenvalue weighted by Gasteiger charge is 2.36. The molecule has 0 saturated carbocycles. The first kappa shape index (κ1) is 12.3. The van der Waals surface area contributed by atoms with E-state index in [-0.39, 0.29) is 6.04 Å². The third-order valence-corrected chi connectivity index (χ3v) is 3.90. The maximum atomic E-state index is 11.1. The van der Waals surface area contributed by atoms with Gasteiger partial charge >= 0.3 is 5.97 Å². The molecule has 1 atom stereocenters. The molecule has 0 radical (unpaired) electrons. The number of hydrogen-bond donors (Lipinski definition) is 1. The molecule has 1 unspecified atom stereocenters. The van der Waals surface area contributed by atoms with Crippen molar-refractivity contribution in [2.45, 2.75) is 37.8 Å². The number of aliphatic carboxylic acids is 1. The van der Waals surface area contributed by atoms with Crippen LogP contribution >= 0.6 is 0 Å². The minimum atomic E-state index is -0.679. The molecule has 0 bridgehead atoms. The van der Waals surface area contributed by atoms with Crippen LogP contribution in [0.4, 0.5) is 0 Å². The average Bonchev–Trinajstić information content (AvgIpc) is 2.79. The zero-order chi connectivity index (χ0) is 12.3. The Hall–Kier alpha value is -1.12. The fourth-order valence-electron chi connectivity index (χ4n) is 3.00. The number of carboxylic acid groups (broad SMARTS) is 1. The Bertz CT molecular complexity index is 318. The number of likely N-dealkylation sites (tertiary alicyclic amines) is 2. The fourth-order valence-corrected chi connectivity index (χ4v) is 3.00. The van der Waals surface area contributed by atoms with Crippen molar-refractivity contribution in [2.24, 2.45) is 0 Å². The van der Waals surface area contributed by atoms with Gasteiger partial charge in [0.1, 0.15) is 6.04 Å². The Morgan fingerprint density at radius 3 is 2.59 bits per heavy atom. The summed E-state index contributed by atoms with van der Waals surface area (Å²) in [6.45, 7) is 3.25. The number of rotatable bonds is 3. The van der Waals surface area contributed by atoms with Crippen LogP contribution in [0.25, 0.3) is 0 Å². The highest BCUT2D eigenvalue weighted by Crippen LogP contribution is 2.25. The second-order valence-corrected chi connectivity index (χ2v) is 4.90. The van der Waals surface area contributed by atoms with Gasteiger partial charge in [-0.1, -0.05) is 0 Å². The van der Waals surface area contributed by atoms with E-state index >= 15 is 0 Å². The predicted molar refractivity (Wildman–Crippen MR) is 62.4 cm³/mol. The van der Waals surface area contributed by atoms with Gasteiger partial charge in [-0.2, -0.15) is 5.26 Å². The summed E-state index contributed by atoms with van der Waals surface area (Å²) in [5, 5.41) is 17.8. The normalized spacial score (nSPS) is 28.1. The molecule has 0 aliphatic carbocycles. The summed E-state index contributed by atoms with van der Waals surface area (Å²) in [4.78, 5) is 15.4. The van der Waals surface area contributed by atoms with E-state index in [1.165, 1.54) is 0 Å². The molecule has 0 amide bonds. The first-order valence-corrected chi connectivity index (χ1v) is 6.30. The third-order valence-electron chi connectivity index (χ3n) is 3.90. The lowest BCUT2D eigenvalue weighted by molar-refractivity contribution is -0.143. The predicted octanol–water partition coefficient (Wildman–Crippen LogP) is 0.523. The van der Waals surface area contributed by atoms with Crippen LogP contribution in [0.15, 0.2) is 0 Å². The molecule has 0 aromatic rings. The van der Waals surface area contributed by atoms with Crippen molar-refractivity contribution >= 4 is 5.97 Å². The second-order valence-electron chi connectivity index (χ2n) is 4.90. The zero-order valence-corrected chi connectivity index (χ0v) is 10.0. The van der Waals surface area contributed by atoms with Crippen molar-refractivity contribution in [2.75, 3.05) is 26.2 Å². The molecule has 2 aliphatic heterocycles. The quantitative estimate of drug-likeness (QED) is 0.725. The number of nitrogens with zero attached hydrogens (tertiary/aromatic N) is 3. The van der Waals surface area contributed by atoms with Crippen LogP contribution in [0.3, 0.4) is 0 Å². The SMILES string of the molecule is N#CCN1CCC(N2CCCC2C(=O)O)CC1. The van der Waals surface area contributed by atoms with E-state index in [0.717, 1.165) is 45.3 Å². The van der Waals surface area contributed by atoms with Crippen molar-refractivity contribution in [1.29, 1.82) is 5.26 Å². The number of hydrogen-bond acceptors (Lipinski definition) is 4. The van der Waals surface area contributed by atoms with E-state index in [1.807, 2.05) is 0 Å². The summed E-state index contributed by atoms with van der Waals surface area (Å²) in [6, 6.07) is 2.29. The van der Waals surface area contributed by atoms with Gasteiger partial charge < -0.3 is 5.11 Å². The van der Waals surface area contributed by atoms with Gasteiger partial charge in [0.15, 0.2) is 0 Å². The zero-order valence-electron chi connectivity index (χ0n) is 10.0. The van der Waals surface area contributed by atoms with Gasteiger partial charge in [-0.3, -0.25) is 14.6 Å². The lowest BCUT2D eigenvalue weighted by Gasteiger charge is -2.37. The third kappa shape index (κ3) is 2.76. The largest absolute Gasteiger partial charge is 0.480 e. The van der Waals surface area contributed by atoms with E-state index in [1.54, 1.807) is 0 Å². The highest BCUT2D eigenvalue weighted by molar-refractivity contribution is 5.73. The van der Waals surface area contributed by atoms with Gasteiger partial charge in [0.2, 0.25) is 0 Å². The summed E-state index contributed by atoms with van der Waals surface area (Å²) in [7, 11) is 0. The summed E-state index contributed by atoms with van der Waals surface area (Å²) >= 11 is 0. The molecular formula is C12H19N3O2. The van der Waals surface area contributed by atoms with Gasteiger partial charge in [-0.25, -0.2) is 0 Å². The van der Waals surface area contributed by atoms with Crippen LogP contribution in [0.2, 0.25) is 0 Å². The minimum Gasteiger partial charge on any atom is -0.480 e. The molecule has 0 aromatic carbocycles. The first-order chi connectivity index (χ1) is 8.22. The van der Waals surface area contributed by atoms with Crippen molar-refractivity contribution < 1.29 is 9.90 Å². The highest BCUT2D eigenvalue weighted by atomic mass is 16.4. The summed E-state index contributed by atoms with van der Waals surface area (Å²) < 4.78 is 0. The molecule has 2 rings (SSSR count). The molecule has 2 heterocycles. The molecule has 0 spiro atoms. The Kier molecular flexibility index (Phi) is 3.97. The van der Waals surface area contributed by atoms with Crippen molar-refractivity contribution in [3.05, 3.63) is 0 Å². The van der Waals surface area contributed by atoms with E-state index in [0.29, 0.717) is 12.6 Å². The first-order valence-electron chi connectivity index (χ1n) is 6.30. The number of nitriles is 1. The van der Waals surface area contributed by atoms with Crippen LogP contribution in [-0.4, -0.2) is 59.1 Å². The summed E-state index contributed by atoms with van der Waals surface area (Å²) in [5.74, 6) is -0.679. The maximum Gasteiger partial charge on any atom is 0.320 e. The van der Waals surface area contributed by atoms with E-state index in [4.69, 9.17) is 10.4 Å². The standard InChI is InChI=1S/C12H19N3O2/c13-5-9-14-7-3-10(4-8-14)15-6-1-2-11(15)12(16)17/h10-11H,1-4,6-9H2,(H,16,17). The smallest absolute Gasteiger partial charge is 0.320 e. The molecule has 5 nitrogen and oxygen atoms in total. The van der Waals surface area contributed by atoms with Gasteiger partial charge in [0, 0.05) is 19.1 Å². The van der Waals surface area contributed by atoms with Crippen LogP contribution in [0.5, 0.6) is 0 Å². The van der Waals surface area contributed by atoms with Gasteiger partial charge in [0.25, 0.3) is 0 Å². The lowest BCUT2D eigenvalue weighted by Crippen LogP contribution is -2.48. The molecule has 17 heavy (non-hydrogen) atoms. The van der Waals surface area contributed by atoms with Crippen LogP contribution < -0.4 is 0 Å². The number of piperidine rings is 1. The topological polar surface area (TPSA) is 67.6 Å². The summed E-state index contributed by atoms with van der Waals surface area (Å²) in [5.41, 5.74) is 0. The summed E-state index contributed by atoms with van der Waals surface area (Å²) in [6.07, 6.45) is 3.76. The Labute approximate surface area is 102 Å². The molecule has 2 fully saturated rings. The molecule has 2 saturated heterocycles. The van der Waals surface area contributed by atoms with Crippen LogP contribution in [-0.2, 0) is 4.79 Å². The molecule has 0 aromatic heterocycles. The molecule has 1 N–H and O–H groups in total. The minimum absolute atomic E-state index is 0.275. The Morgan fingerprint density at radius 2 is 2.00 bits per heavy atom. The molecular weight excluding hydrogens is 218 g/mol. The van der Waals surface area contributed by atoms with Crippen LogP contribution in [0, 0.1) is 11.3 Å². The van der Waals surface area contributed by atoms with E-state index in [9.17, 15) is 4.79 Å². The van der Waals surface area contributed by atoms with E-state index < -0.39 is 5.97 Å². The van der Waals surface area contributed by atoms with Gasteiger partial charge in [-0.05, 0) is 32.2 Å². The number of carbonyl (C=O) groups is 1. The van der Waals surface area contributed by atoms with Gasteiger partial charge in [-0.15, -0.1) is 0 Å². The van der Waals surface area contributed by atoms with Crippen molar-refractivity contribution in [1.82, 2.24) is 9.80 Å². The molecule has 5 heteroatoms. The fraction of sp³-hybridized carbons (Fsp3) is 0.833. The number of carboxylic acids is 1. The Morgan fingerprint density at radius 1 is 1.29 bits per heavy atom. The maximum absolute atomic E-state index is 11.1. The molecule has 94 valence electrons. The average molecular weight is 237 g/mol. The van der Waals surface area contributed by atoms with Crippen molar-refractivity contribution in [3.63, 3.8) is 0 Å². The van der Waals surface area contributed by atoms with Gasteiger partial charge in [0.05, 0.1) is 12.6 Å². The van der Waals surface area contributed by atoms with Crippen LogP contribution in [0.1, 0.15) is 25.7 Å². The second kappa shape index (κ2) is 5.48. The van der Waals surface area contributed by atoms with Crippen molar-refractivity contribution in [3.8, 4) is 6.07 Å². The van der Waals surface area contributed by atoms with E-state index in [2.05, 4.69) is 15.9 Å². The lowest BCUT2D eigenvalue weighted by atomic mass is 10.0. The molecule has 2 aliphatic rings.